The van der Waals surface area contributed by atoms with E-state index in [1.54, 1.807) is 0 Å². The summed E-state index contributed by atoms with van der Waals surface area (Å²) in [5.41, 5.74) is 1.32. The van der Waals surface area contributed by atoms with Crippen molar-refractivity contribution in [2.24, 2.45) is 0 Å². The molecule has 1 aliphatic heterocycles. The van der Waals surface area contributed by atoms with E-state index in [0.29, 0.717) is 0 Å². The van der Waals surface area contributed by atoms with Gasteiger partial charge < -0.3 is 4.74 Å². The maximum atomic E-state index is 5.78. The van der Waals surface area contributed by atoms with Crippen molar-refractivity contribution in [1.82, 2.24) is 0 Å². The highest BCUT2D eigenvalue weighted by Crippen LogP contribution is 2.30. The molecule has 1 atom stereocenters. The Morgan fingerprint density at radius 2 is 2.08 bits per heavy atom. The van der Waals surface area contributed by atoms with Crippen molar-refractivity contribution < 1.29 is 4.74 Å². The fourth-order valence-corrected chi connectivity index (χ4v) is 1.31. The Morgan fingerprint density at radius 1 is 1.46 bits per heavy atom. The molecule has 1 fully saturated rings. The molecule has 1 aromatic carbocycles. The average molecular weight is 196 g/mol. The van der Waals surface area contributed by atoms with Crippen molar-refractivity contribution in [3.8, 4) is 0 Å². The van der Waals surface area contributed by atoms with Gasteiger partial charge in [0, 0.05) is 5.02 Å². The number of rotatable bonds is 3. The lowest BCUT2D eigenvalue weighted by molar-refractivity contribution is 0.351. The van der Waals surface area contributed by atoms with E-state index in [-0.39, 0.29) is 5.60 Å². The third kappa shape index (κ3) is 2.45. The van der Waals surface area contributed by atoms with Gasteiger partial charge >= 0.3 is 0 Å². The molecule has 69 valence electrons. The third-order valence-corrected chi connectivity index (χ3v) is 2.53. The zero-order valence-electron chi connectivity index (χ0n) is 7.59. The number of epoxide rings is 1. The molecular weight excluding hydrogens is 184 g/mol. The summed E-state index contributed by atoms with van der Waals surface area (Å²) in [5.74, 6) is 0. The molecule has 1 nitrogen and oxygen atoms in total. The number of hydrogen-bond acceptors (Lipinski definition) is 1. The third-order valence-electron chi connectivity index (χ3n) is 2.28. The van der Waals surface area contributed by atoms with Gasteiger partial charge in [-0.25, -0.2) is 0 Å². The molecular formula is C11H12ClO. The van der Waals surface area contributed by atoms with Gasteiger partial charge in [0.1, 0.15) is 0 Å². The quantitative estimate of drug-likeness (QED) is 0.676. The van der Waals surface area contributed by atoms with Crippen LogP contribution in [0.15, 0.2) is 24.3 Å². The number of ether oxygens (including phenoxy) is 1. The van der Waals surface area contributed by atoms with E-state index < -0.39 is 0 Å². The molecule has 1 unspecified atom stereocenters. The molecule has 0 amide bonds. The predicted octanol–water partition coefficient (Wildman–Crippen LogP) is 2.88. The fraction of sp³-hybridized carbons (Fsp3) is 0.364. The summed E-state index contributed by atoms with van der Waals surface area (Å²) in [6, 6.07) is 7.93. The molecule has 2 rings (SSSR count). The zero-order valence-corrected chi connectivity index (χ0v) is 8.34. The van der Waals surface area contributed by atoms with Crippen LogP contribution in [-0.4, -0.2) is 12.2 Å². The molecule has 1 radical (unpaired) electrons. The van der Waals surface area contributed by atoms with Crippen LogP contribution in [0.25, 0.3) is 0 Å². The van der Waals surface area contributed by atoms with Crippen LogP contribution < -0.4 is 0 Å². The first-order chi connectivity index (χ1) is 6.18. The van der Waals surface area contributed by atoms with Crippen LogP contribution in [0.2, 0.25) is 5.02 Å². The van der Waals surface area contributed by atoms with E-state index in [2.05, 4.69) is 13.3 Å². The highest BCUT2D eigenvalue weighted by Gasteiger charge is 2.38. The summed E-state index contributed by atoms with van der Waals surface area (Å²) in [5, 5.41) is 0.789. The number of benzene rings is 1. The van der Waals surface area contributed by atoms with E-state index in [1.165, 1.54) is 5.56 Å². The first-order valence-corrected chi connectivity index (χ1v) is 4.79. The highest BCUT2D eigenvalue weighted by molar-refractivity contribution is 6.30. The van der Waals surface area contributed by atoms with Gasteiger partial charge in [0.15, 0.2) is 0 Å². The van der Waals surface area contributed by atoms with Crippen molar-refractivity contribution in [2.45, 2.75) is 18.9 Å². The molecule has 1 aliphatic rings. The maximum absolute atomic E-state index is 5.78. The van der Waals surface area contributed by atoms with Crippen molar-refractivity contribution in [3.05, 3.63) is 41.3 Å². The monoisotopic (exact) mass is 195 g/mol. The Labute approximate surface area is 83.7 Å². The lowest BCUT2D eigenvalue weighted by atomic mass is 10.0. The largest absolute Gasteiger partial charge is 0.370 e. The molecule has 0 aliphatic carbocycles. The van der Waals surface area contributed by atoms with E-state index in [4.69, 9.17) is 16.3 Å². The predicted molar refractivity (Wildman–Crippen MR) is 53.8 cm³/mol. The van der Waals surface area contributed by atoms with Crippen LogP contribution in [0.4, 0.5) is 0 Å². The minimum absolute atomic E-state index is 0.0413. The summed E-state index contributed by atoms with van der Waals surface area (Å²) >= 11 is 5.78. The Balaban J connectivity index is 1.91. The molecule has 0 aromatic heterocycles. The van der Waals surface area contributed by atoms with Gasteiger partial charge in [-0.1, -0.05) is 23.7 Å². The van der Waals surface area contributed by atoms with Gasteiger partial charge in [-0.05, 0) is 37.5 Å². The molecule has 0 bridgehead atoms. The number of halogens is 1. The molecule has 1 heterocycles. The second-order valence-electron chi connectivity index (χ2n) is 3.64. The topological polar surface area (TPSA) is 12.5 Å². The van der Waals surface area contributed by atoms with Crippen molar-refractivity contribution >= 4 is 11.6 Å². The van der Waals surface area contributed by atoms with Gasteiger partial charge in [-0.2, -0.15) is 0 Å². The highest BCUT2D eigenvalue weighted by atomic mass is 35.5. The molecule has 0 saturated carbocycles. The Bertz CT molecular complexity index is 287. The van der Waals surface area contributed by atoms with Crippen LogP contribution in [0.3, 0.4) is 0 Å². The normalized spacial score (nSPS) is 26.0. The summed E-state index contributed by atoms with van der Waals surface area (Å²) in [7, 11) is 0. The van der Waals surface area contributed by atoms with Crippen molar-refractivity contribution in [2.75, 3.05) is 6.61 Å². The summed E-state index contributed by atoms with van der Waals surface area (Å²) in [6.45, 7) is 2.96. The Kier molecular flexibility index (Phi) is 2.31. The molecule has 1 saturated heterocycles. The van der Waals surface area contributed by atoms with Gasteiger partial charge in [-0.3, -0.25) is 0 Å². The van der Waals surface area contributed by atoms with Gasteiger partial charge in [0.2, 0.25) is 0 Å². The number of hydrogen-bond donors (Lipinski definition) is 0. The molecule has 0 spiro atoms. The van der Waals surface area contributed by atoms with Crippen LogP contribution in [-0.2, 0) is 11.2 Å². The minimum Gasteiger partial charge on any atom is -0.370 e. The Morgan fingerprint density at radius 3 is 2.62 bits per heavy atom. The standard InChI is InChI=1S/C11H12ClO/c1-11(8-13-11)7-6-9-2-4-10(12)5-3-9/h2-5,7H,6,8H2,1H3. The second kappa shape index (κ2) is 3.32. The molecule has 13 heavy (non-hydrogen) atoms. The van der Waals surface area contributed by atoms with E-state index in [9.17, 15) is 0 Å². The molecule has 2 heteroatoms. The lowest BCUT2D eigenvalue weighted by Crippen LogP contribution is -2.06. The van der Waals surface area contributed by atoms with E-state index in [0.717, 1.165) is 18.1 Å². The van der Waals surface area contributed by atoms with Gasteiger partial charge in [0.05, 0.1) is 12.2 Å². The van der Waals surface area contributed by atoms with Crippen molar-refractivity contribution in [3.63, 3.8) is 0 Å². The zero-order chi connectivity index (χ0) is 9.31. The smallest absolute Gasteiger partial charge is 0.0923 e. The first kappa shape index (κ1) is 9.04. The first-order valence-electron chi connectivity index (χ1n) is 4.41. The van der Waals surface area contributed by atoms with Crippen LogP contribution in [0, 0.1) is 6.42 Å². The van der Waals surface area contributed by atoms with E-state index >= 15 is 0 Å². The van der Waals surface area contributed by atoms with E-state index in [1.807, 2.05) is 24.3 Å². The minimum atomic E-state index is 0.0413. The van der Waals surface area contributed by atoms with Crippen LogP contribution in [0.1, 0.15) is 12.5 Å². The summed E-state index contributed by atoms with van der Waals surface area (Å²) in [6.07, 6.45) is 3.16. The van der Waals surface area contributed by atoms with Crippen molar-refractivity contribution in [1.29, 1.82) is 0 Å². The molecule has 1 aromatic rings. The van der Waals surface area contributed by atoms with Gasteiger partial charge in [0.25, 0.3) is 0 Å². The average Bonchev–Trinajstić information content (AvgIpc) is 2.84. The second-order valence-corrected chi connectivity index (χ2v) is 4.07. The summed E-state index contributed by atoms with van der Waals surface area (Å²) in [4.78, 5) is 0. The van der Waals surface area contributed by atoms with Gasteiger partial charge in [-0.15, -0.1) is 0 Å². The SMILES string of the molecule is CC1([CH]Cc2ccc(Cl)cc2)CO1. The molecule has 0 N–H and O–H groups in total. The van der Waals surface area contributed by atoms with Crippen LogP contribution in [0.5, 0.6) is 0 Å². The Hall–Kier alpha value is -0.530. The maximum Gasteiger partial charge on any atom is 0.0923 e. The van der Waals surface area contributed by atoms with Crippen LogP contribution >= 0.6 is 11.6 Å². The summed E-state index contributed by atoms with van der Waals surface area (Å²) < 4.78 is 5.26. The lowest BCUT2D eigenvalue weighted by Gasteiger charge is -2.04. The fourth-order valence-electron chi connectivity index (χ4n) is 1.19.